The molecule has 4 rings (SSSR count). The summed E-state index contributed by atoms with van der Waals surface area (Å²) < 4.78 is 22.7. The summed E-state index contributed by atoms with van der Waals surface area (Å²) in [5, 5.41) is 10.0. The zero-order valence-corrected chi connectivity index (χ0v) is 23.3. The van der Waals surface area contributed by atoms with Crippen molar-refractivity contribution in [3.8, 4) is 18.0 Å². The Morgan fingerprint density at radius 3 is 2.55 bits per heavy atom. The summed E-state index contributed by atoms with van der Waals surface area (Å²) in [5.74, 6) is 0.989. The number of pyridine rings is 1. The lowest BCUT2D eigenvalue weighted by Crippen LogP contribution is -2.44. The zero-order chi connectivity index (χ0) is 27.1. The normalized spacial score (nSPS) is 25.3. The van der Waals surface area contributed by atoms with Crippen LogP contribution in [0.25, 0.3) is 0 Å². The van der Waals surface area contributed by atoms with Crippen LogP contribution in [0.3, 0.4) is 0 Å². The minimum atomic E-state index is -0.0114. The maximum atomic E-state index is 9.42. The van der Waals surface area contributed by atoms with Crippen molar-refractivity contribution in [2.45, 2.75) is 51.4 Å². The smallest absolute Gasteiger partial charge is 0.316 e. The van der Waals surface area contributed by atoms with Crippen molar-refractivity contribution in [3.05, 3.63) is 29.7 Å². The van der Waals surface area contributed by atoms with E-state index in [9.17, 15) is 5.26 Å². The van der Waals surface area contributed by atoms with Crippen molar-refractivity contribution in [1.29, 1.82) is 5.26 Å². The highest BCUT2D eigenvalue weighted by atomic mass is 35.5. The number of aromatic nitrogens is 3. The number of hydrogen-bond acceptors (Lipinski definition) is 10. The Bertz CT molecular complexity index is 1080. The molecule has 2 aliphatic rings. The third-order valence-electron chi connectivity index (χ3n) is 7.48. The molecule has 0 amide bonds. The van der Waals surface area contributed by atoms with Crippen LogP contribution in [0.2, 0.25) is 5.02 Å². The fourth-order valence-electron chi connectivity index (χ4n) is 5.29. The van der Waals surface area contributed by atoms with E-state index in [1.165, 1.54) is 0 Å². The zero-order valence-electron chi connectivity index (χ0n) is 22.5. The van der Waals surface area contributed by atoms with Gasteiger partial charge in [0.1, 0.15) is 6.10 Å². The molecule has 0 aromatic carbocycles. The molecule has 2 fully saturated rings. The number of ether oxygens (including phenoxy) is 4. The number of anilines is 2. The second-order valence-electron chi connectivity index (χ2n) is 9.97. The van der Waals surface area contributed by atoms with Crippen LogP contribution in [-0.2, 0) is 9.47 Å². The van der Waals surface area contributed by atoms with Gasteiger partial charge in [0, 0.05) is 70.3 Å². The number of halogens is 1. The fraction of sp³-hybridized carbons (Fsp3) is 0.630. The van der Waals surface area contributed by atoms with Gasteiger partial charge in [-0.2, -0.15) is 5.26 Å². The molecular weight excluding hydrogens is 508 g/mol. The van der Waals surface area contributed by atoms with Crippen molar-refractivity contribution in [2.75, 3.05) is 56.9 Å². The largest absolute Gasteiger partial charge is 0.481 e. The molecule has 0 saturated carbocycles. The van der Waals surface area contributed by atoms with Gasteiger partial charge in [0.15, 0.2) is 0 Å². The molecule has 2 saturated heterocycles. The maximum Gasteiger partial charge on any atom is 0.316 e. The summed E-state index contributed by atoms with van der Waals surface area (Å²) in [5.41, 5.74) is 1.79. The fourth-order valence-corrected chi connectivity index (χ4v) is 5.51. The van der Waals surface area contributed by atoms with Gasteiger partial charge in [-0.15, -0.1) is 0 Å². The lowest BCUT2D eigenvalue weighted by molar-refractivity contribution is 0.0271. The molecule has 0 N–H and O–H groups in total. The molecule has 2 aromatic rings. The van der Waals surface area contributed by atoms with Gasteiger partial charge in [0.05, 0.1) is 60.7 Å². The Kier molecular flexibility index (Phi) is 9.83. The number of rotatable bonds is 11. The third kappa shape index (κ3) is 6.57. The van der Waals surface area contributed by atoms with Gasteiger partial charge in [-0.1, -0.05) is 25.4 Å². The third-order valence-corrected chi connectivity index (χ3v) is 7.78. The molecule has 0 radical (unpaired) electrons. The summed E-state index contributed by atoms with van der Waals surface area (Å²) in [7, 11) is 3.29. The lowest BCUT2D eigenvalue weighted by atomic mass is 9.96. The van der Waals surface area contributed by atoms with E-state index >= 15 is 0 Å². The highest BCUT2D eigenvalue weighted by molar-refractivity contribution is 6.33. The van der Waals surface area contributed by atoms with Crippen LogP contribution in [0.1, 0.15) is 33.1 Å². The minimum Gasteiger partial charge on any atom is -0.481 e. The first kappa shape index (κ1) is 28.1. The molecule has 0 bridgehead atoms. The molecule has 10 nitrogen and oxygen atoms in total. The first-order valence-electron chi connectivity index (χ1n) is 13.1. The van der Waals surface area contributed by atoms with Crippen LogP contribution in [0.5, 0.6) is 11.9 Å². The van der Waals surface area contributed by atoms with Crippen molar-refractivity contribution in [1.82, 2.24) is 15.0 Å². The molecular formula is C27H37ClN6O4. The molecule has 0 spiro atoms. The van der Waals surface area contributed by atoms with E-state index in [0.717, 1.165) is 37.3 Å². The Hall–Kier alpha value is -2.87. The van der Waals surface area contributed by atoms with Crippen LogP contribution in [-0.4, -0.2) is 80.3 Å². The van der Waals surface area contributed by atoms with E-state index in [1.54, 1.807) is 32.8 Å². The van der Waals surface area contributed by atoms with Crippen LogP contribution in [0, 0.1) is 23.2 Å². The Labute approximate surface area is 229 Å². The molecule has 4 heterocycles. The number of hydrogen-bond donors (Lipinski definition) is 0. The van der Waals surface area contributed by atoms with Crippen molar-refractivity contribution in [3.63, 3.8) is 0 Å². The monoisotopic (exact) mass is 544 g/mol. The molecule has 206 valence electrons. The van der Waals surface area contributed by atoms with Gasteiger partial charge in [0.25, 0.3) is 0 Å². The first-order chi connectivity index (χ1) is 18.4. The topological polar surface area (TPSA) is 106 Å². The Morgan fingerprint density at radius 1 is 1.08 bits per heavy atom. The Morgan fingerprint density at radius 2 is 1.87 bits per heavy atom. The molecule has 2 aliphatic heterocycles. The standard InChI is InChI=1S/C27H37ClN6O4/c1-18-16-33(23-12-26(36-4)30-15-21(23)28)9-7-24(18)38-27-31-13-20(14-32-27)34-17-25(37-11-5-10-35-3)19(2)22(34)6-8-29/h12-15,18-19,22,24-25H,5-7,9-11,16-17H2,1-4H3/t18-,19+,22+,24-,25+/m1/s1. The summed E-state index contributed by atoms with van der Waals surface area (Å²) in [6.45, 7) is 7.87. The van der Waals surface area contributed by atoms with Gasteiger partial charge in [-0.3, -0.25) is 0 Å². The SMILES string of the molecule is COCCCO[C@H]1CN(c2cnc(O[C@@H]3CCN(c4cc(OC)ncc4Cl)C[C@H]3C)nc2)[C@@H](CC#N)[C@@H]1C. The van der Waals surface area contributed by atoms with Crippen LogP contribution < -0.4 is 19.3 Å². The number of piperidine rings is 1. The predicted molar refractivity (Wildman–Crippen MR) is 145 cm³/mol. The van der Waals surface area contributed by atoms with E-state index in [1.807, 2.05) is 6.07 Å². The van der Waals surface area contributed by atoms with Gasteiger partial charge in [-0.25, -0.2) is 15.0 Å². The number of nitrogens with zero attached hydrogens (tertiary/aromatic N) is 6. The summed E-state index contributed by atoms with van der Waals surface area (Å²) in [4.78, 5) is 17.6. The van der Waals surface area contributed by atoms with Gasteiger partial charge in [0.2, 0.25) is 5.88 Å². The second-order valence-corrected chi connectivity index (χ2v) is 10.4. The molecule has 0 aliphatic carbocycles. The van der Waals surface area contributed by atoms with Crippen molar-refractivity contribution >= 4 is 23.0 Å². The first-order valence-corrected chi connectivity index (χ1v) is 13.5. The summed E-state index contributed by atoms with van der Waals surface area (Å²) in [6, 6.07) is 4.60. The molecule has 38 heavy (non-hydrogen) atoms. The second kappa shape index (κ2) is 13.3. The van der Waals surface area contributed by atoms with E-state index in [0.29, 0.717) is 43.1 Å². The molecule has 5 atom stereocenters. The van der Waals surface area contributed by atoms with Crippen LogP contribution in [0.4, 0.5) is 11.4 Å². The molecule has 2 aromatic heterocycles. The highest BCUT2D eigenvalue weighted by Gasteiger charge is 2.40. The Balaban J connectivity index is 1.36. The van der Waals surface area contributed by atoms with E-state index in [4.69, 9.17) is 30.5 Å². The van der Waals surface area contributed by atoms with E-state index in [-0.39, 0.29) is 30.1 Å². The quantitative estimate of drug-likeness (QED) is 0.385. The molecule has 0 unspecified atom stereocenters. The van der Waals surface area contributed by atoms with Gasteiger partial charge >= 0.3 is 6.01 Å². The molecule has 11 heteroatoms. The maximum absolute atomic E-state index is 9.42. The average molecular weight is 545 g/mol. The van der Waals surface area contributed by atoms with Crippen molar-refractivity contribution in [2.24, 2.45) is 11.8 Å². The highest BCUT2D eigenvalue weighted by Crippen LogP contribution is 2.34. The lowest BCUT2D eigenvalue weighted by Gasteiger charge is -2.38. The van der Waals surface area contributed by atoms with Gasteiger partial charge < -0.3 is 28.7 Å². The summed E-state index contributed by atoms with van der Waals surface area (Å²) >= 11 is 6.41. The van der Waals surface area contributed by atoms with Gasteiger partial charge in [-0.05, 0) is 6.42 Å². The van der Waals surface area contributed by atoms with E-state index < -0.39 is 0 Å². The number of methoxy groups -OCH3 is 2. The summed E-state index contributed by atoms with van der Waals surface area (Å²) in [6.07, 6.45) is 7.30. The van der Waals surface area contributed by atoms with E-state index in [2.05, 4.69) is 44.7 Å². The van der Waals surface area contributed by atoms with Crippen LogP contribution >= 0.6 is 11.6 Å². The predicted octanol–water partition coefficient (Wildman–Crippen LogP) is 3.99. The van der Waals surface area contributed by atoms with Crippen LogP contribution in [0.15, 0.2) is 24.7 Å². The number of nitriles is 1. The average Bonchev–Trinajstić information content (AvgIpc) is 3.23. The van der Waals surface area contributed by atoms with Crippen molar-refractivity contribution < 1.29 is 18.9 Å². The minimum absolute atomic E-state index is 0.0114.